The normalized spacial score (nSPS) is 15.5. The van der Waals surface area contributed by atoms with E-state index in [0.29, 0.717) is 11.5 Å². The lowest BCUT2D eigenvalue weighted by Gasteiger charge is -2.40. The number of hydrogen-bond acceptors (Lipinski definition) is 8. The van der Waals surface area contributed by atoms with Crippen molar-refractivity contribution >= 4 is 21.8 Å². The van der Waals surface area contributed by atoms with Crippen molar-refractivity contribution in [3.05, 3.63) is 54.1 Å². The summed E-state index contributed by atoms with van der Waals surface area (Å²) >= 11 is 0. The number of amides is 2. The van der Waals surface area contributed by atoms with Crippen LogP contribution in [-0.4, -0.2) is 68.3 Å². The highest BCUT2D eigenvalue weighted by Gasteiger charge is 2.43. The molecule has 2 unspecified atom stereocenters. The smallest absolute Gasteiger partial charge is 0.245 e. The second kappa shape index (κ2) is 15.0. The van der Waals surface area contributed by atoms with Crippen molar-refractivity contribution in [2.24, 2.45) is 5.92 Å². The zero-order valence-electron chi connectivity index (χ0n) is 24.5. The number of nitrogens with one attached hydrogen (secondary N) is 3. The van der Waals surface area contributed by atoms with Crippen LogP contribution >= 0.6 is 0 Å². The number of benzene rings is 2. The quantitative estimate of drug-likeness (QED) is 0.146. The molecule has 0 saturated heterocycles. The van der Waals surface area contributed by atoms with Gasteiger partial charge in [-0.25, -0.2) is 8.42 Å². The standard InChI is InChI=1S/C30H40N4O7S/c1-22(2)21-34(42(38,39)25-13-14-26-27(18-25)41-23(3)40-26)30(37,19-24-10-6-5-7-11-24)15-17-33-28(35)12-8-9-16-32-29(36)20-31-4/h5-7,10-11,13-14,18,22-23,31,37H,8,12,15,17,19-21H2,1-4H3,(H,32,36)(H,33,35). The Kier molecular flexibility index (Phi) is 11.8. The zero-order valence-corrected chi connectivity index (χ0v) is 25.3. The van der Waals surface area contributed by atoms with Gasteiger partial charge in [0.05, 0.1) is 11.4 Å². The van der Waals surface area contributed by atoms with Gasteiger partial charge in [-0.15, -0.1) is 0 Å². The zero-order chi connectivity index (χ0) is 30.8. The summed E-state index contributed by atoms with van der Waals surface area (Å²) in [5.74, 6) is 2.78. The summed E-state index contributed by atoms with van der Waals surface area (Å²) < 4.78 is 40.5. The fourth-order valence-corrected chi connectivity index (χ4v) is 6.29. The Bertz CT molecular complexity index is 1390. The average molecular weight is 601 g/mol. The molecule has 0 radical (unpaired) electrons. The van der Waals surface area contributed by atoms with Crippen molar-refractivity contribution in [3.63, 3.8) is 0 Å². The Morgan fingerprint density at radius 3 is 2.50 bits per heavy atom. The lowest BCUT2D eigenvalue weighted by atomic mass is 9.98. The number of likely N-dealkylation sites (N-methyl/N-ethyl adjacent to an activating group) is 1. The second-order valence-corrected chi connectivity index (χ2v) is 12.3. The Morgan fingerprint density at radius 2 is 1.81 bits per heavy atom. The Hall–Kier alpha value is -3.63. The van der Waals surface area contributed by atoms with Crippen molar-refractivity contribution < 1.29 is 32.6 Å². The molecule has 228 valence electrons. The molecule has 1 aliphatic rings. The topological polar surface area (TPSA) is 146 Å². The number of carbonyl (C=O) groups is 2. The molecule has 2 amide bonds. The fourth-order valence-electron chi connectivity index (χ4n) is 4.44. The summed E-state index contributed by atoms with van der Waals surface area (Å²) in [6.45, 7) is 5.66. The molecular formula is C30H40N4O7S. The third-order valence-corrected chi connectivity index (χ3v) is 8.29. The van der Waals surface area contributed by atoms with E-state index < -0.39 is 22.0 Å². The van der Waals surface area contributed by atoms with Crippen molar-refractivity contribution in [2.75, 3.05) is 26.7 Å². The highest BCUT2D eigenvalue weighted by atomic mass is 32.2. The SMILES string of the molecule is CNCC(=O)NC#CCCC(=O)NCCC(O)(Cc1ccccc1)N(CC(C)C)S(=O)(=O)c1ccc2c(c1)OC(C)O2. The summed E-state index contributed by atoms with van der Waals surface area (Å²) in [4.78, 5) is 23.9. The molecule has 0 saturated carbocycles. The number of nitrogens with zero attached hydrogens (tertiary/aromatic N) is 1. The molecule has 42 heavy (non-hydrogen) atoms. The van der Waals surface area contributed by atoms with Crippen LogP contribution < -0.4 is 25.4 Å². The first-order chi connectivity index (χ1) is 19.9. The molecule has 12 heteroatoms. The highest BCUT2D eigenvalue weighted by molar-refractivity contribution is 7.89. The first kappa shape index (κ1) is 32.9. The molecule has 0 fully saturated rings. The number of sulfonamides is 1. The molecule has 0 spiro atoms. The summed E-state index contributed by atoms with van der Waals surface area (Å²) in [5, 5.41) is 20.0. The third-order valence-electron chi connectivity index (χ3n) is 6.37. The van der Waals surface area contributed by atoms with Crippen LogP contribution in [0, 0.1) is 17.9 Å². The lowest BCUT2D eigenvalue weighted by molar-refractivity contribution is -0.121. The number of aliphatic hydroxyl groups is 1. The molecule has 2 aromatic rings. The van der Waals surface area contributed by atoms with Crippen molar-refractivity contribution in [3.8, 4) is 23.5 Å². The van der Waals surface area contributed by atoms with Gasteiger partial charge in [0.1, 0.15) is 5.72 Å². The first-order valence-electron chi connectivity index (χ1n) is 13.9. The van der Waals surface area contributed by atoms with Gasteiger partial charge < -0.3 is 25.2 Å². The van der Waals surface area contributed by atoms with Crippen molar-refractivity contribution in [2.45, 2.75) is 63.4 Å². The van der Waals surface area contributed by atoms with Crippen LogP contribution in [0.2, 0.25) is 0 Å². The molecule has 3 rings (SSSR count). The van der Waals surface area contributed by atoms with E-state index in [1.807, 2.05) is 44.2 Å². The predicted molar refractivity (Wildman–Crippen MR) is 158 cm³/mol. The lowest BCUT2D eigenvalue weighted by Crippen LogP contribution is -2.55. The summed E-state index contributed by atoms with van der Waals surface area (Å²) in [7, 11) is -2.57. The van der Waals surface area contributed by atoms with Gasteiger partial charge in [-0.1, -0.05) is 50.1 Å². The van der Waals surface area contributed by atoms with Gasteiger partial charge >= 0.3 is 0 Å². The monoisotopic (exact) mass is 600 g/mol. The van der Waals surface area contributed by atoms with Gasteiger partial charge in [0.25, 0.3) is 0 Å². The average Bonchev–Trinajstić information content (AvgIpc) is 3.31. The predicted octanol–water partition coefficient (Wildman–Crippen LogP) is 1.96. The number of rotatable bonds is 14. The Balaban J connectivity index is 1.79. The van der Waals surface area contributed by atoms with Crippen molar-refractivity contribution in [1.82, 2.24) is 20.3 Å². The van der Waals surface area contributed by atoms with E-state index in [9.17, 15) is 23.1 Å². The second-order valence-electron chi connectivity index (χ2n) is 10.5. The van der Waals surface area contributed by atoms with E-state index in [1.54, 1.807) is 20.0 Å². The minimum Gasteiger partial charge on any atom is -0.451 e. The molecule has 1 aliphatic heterocycles. The molecule has 4 N–H and O–H groups in total. The molecule has 2 atom stereocenters. The van der Waals surface area contributed by atoms with Crippen LogP contribution in [0.3, 0.4) is 0 Å². The number of ether oxygens (including phenoxy) is 2. The molecule has 11 nitrogen and oxygen atoms in total. The minimum absolute atomic E-state index is 0.00897. The number of fused-ring (bicyclic) bond motifs is 1. The summed E-state index contributed by atoms with van der Waals surface area (Å²) in [6.07, 6.45) is -0.292. The maximum Gasteiger partial charge on any atom is 0.245 e. The number of carbonyl (C=O) groups excluding carboxylic acids is 2. The molecular weight excluding hydrogens is 560 g/mol. The van der Waals surface area contributed by atoms with E-state index in [0.717, 1.165) is 9.87 Å². The third kappa shape index (κ3) is 9.19. The molecule has 0 aliphatic carbocycles. The Labute approximate surface area is 248 Å². The van der Waals surface area contributed by atoms with Crippen LogP contribution in [0.5, 0.6) is 11.5 Å². The van der Waals surface area contributed by atoms with Gasteiger partial charge in [-0.2, -0.15) is 4.31 Å². The molecule has 0 bridgehead atoms. The van der Waals surface area contributed by atoms with E-state index in [4.69, 9.17) is 9.47 Å². The molecule has 2 aromatic carbocycles. The fraction of sp³-hybridized carbons (Fsp3) is 0.467. The summed E-state index contributed by atoms with van der Waals surface area (Å²) in [5.41, 5.74) is -1.12. The van der Waals surface area contributed by atoms with Gasteiger partial charge in [-0.05, 0) is 30.7 Å². The number of hydrogen-bond donors (Lipinski definition) is 4. The van der Waals surface area contributed by atoms with Crippen molar-refractivity contribution in [1.29, 1.82) is 0 Å². The first-order valence-corrected chi connectivity index (χ1v) is 15.3. The molecule has 1 heterocycles. The van der Waals surface area contributed by atoms with E-state index >= 15 is 0 Å². The largest absolute Gasteiger partial charge is 0.451 e. The maximum absolute atomic E-state index is 14.1. The van der Waals surface area contributed by atoms with Gasteiger partial charge in [0.15, 0.2) is 11.5 Å². The van der Waals surface area contributed by atoms with Crippen LogP contribution in [0.25, 0.3) is 0 Å². The maximum atomic E-state index is 14.1. The van der Waals surface area contributed by atoms with Crippen LogP contribution in [0.1, 0.15) is 45.6 Å². The van der Waals surface area contributed by atoms with Gasteiger partial charge in [-0.3, -0.25) is 14.9 Å². The van der Waals surface area contributed by atoms with Crippen LogP contribution in [0.15, 0.2) is 53.4 Å². The van der Waals surface area contributed by atoms with Gasteiger partial charge in [0.2, 0.25) is 28.1 Å². The highest BCUT2D eigenvalue weighted by Crippen LogP contribution is 2.38. The minimum atomic E-state index is -4.22. The van der Waals surface area contributed by atoms with Crippen LogP contribution in [-0.2, 0) is 26.0 Å². The van der Waals surface area contributed by atoms with Gasteiger partial charge in [0, 0.05) is 57.8 Å². The van der Waals surface area contributed by atoms with Crippen LogP contribution in [0.4, 0.5) is 0 Å². The van der Waals surface area contributed by atoms with E-state index in [-0.39, 0.29) is 67.9 Å². The van der Waals surface area contributed by atoms with E-state index in [1.165, 1.54) is 12.1 Å². The Morgan fingerprint density at radius 1 is 1.10 bits per heavy atom. The summed E-state index contributed by atoms with van der Waals surface area (Å²) in [6, 6.07) is 16.0. The molecule has 0 aromatic heterocycles. The van der Waals surface area contributed by atoms with E-state index in [2.05, 4.69) is 27.9 Å².